The van der Waals surface area contributed by atoms with Gasteiger partial charge in [-0.2, -0.15) is 0 Å². The van der Waals surface area contributed by atoms with Gasteiger partial charge in [0.1, 0.15) is 0 Å². The van der Waals surface area contributed by atoms with E-state index in [1.54, 1.807) is 0 Å². The zero-order chi connectivity index (χ0) is 12.4. The van der Waals surface area contributed by atoms with Crippen LogP contribution in [0.3, 0.4) is 0 Å². The molecule has 0 spiro atoms. The third-order valence-corrected chi connectivity index (χ3v) is 3.48. The normalized spacial score (nSPS) is 34.3. The molecule has 1 rings (SSSR count). The molecule has 0 radical (unpaired) electrons. The fourth-order valence-corrected chi connectivity index (χ4v) is 3.40. The van der Waals surface area contributed by atoms with Crippen LogP contribution < -0.4 is 11.1 Å². The van der Waals surface area contributed by atoms with Crippen molar-refractivity contribution in [1.82, 2.24) is 5.32 Å². The summed E-state index contributed by atoms with van der Waals surface area (Å²) in [5, 5.41) is 3.00. The van der Waals surface area contributed by atoms with E-state index in [4.69, 9.17) is 5.73 Å². The van der Waals surface area contributed by atoms with Crippen molar-refractivity contribution in [3.63, 3.8) is 0 Å². The maximum atomic E-state index is 12.3. The Kier molecular flexibility index (Phi) is 4.29. The van der Waals surface area contributed by atoms with E-state index in [0.29, 0.717) is 12.5 Å². The summed E-state index contributed by atoms with van der Waals surface area (Å²) >= 11 is 0. The van der Waals surface area contributed by atoms with Crippen LogP contribution in [0.25, 0.3) is 0 Å². The van der Waals surface area contributed by atoms with Gasteiger partial charge in [0.05, 0.1) is 6.54 Å². The van der Waals surface area contributed by atoms with Gasteiger partial charge in [-0.15, -0.1) is 0 Å². The molecule has 2 unspecified atom stereocenters. The highest BCUT2D eigenvalue weighted by Gasteiger charge is 2.41. The SMILES string of the molecule is CC1CC(C)(C)CC(CN)(NCC(F)F)C1. The minimum atomic E-state index is -2.30. The molecular formula is C12H24F2N2. The first-order valence-electron chi connectivity index (χ1n) is 6.02. The first-order valence-corrected chi connectivity index (χ1v) is 6.02. The molecular weight excluding hydrogens is 210 g/mol. The standard InChI is InChI=1S/C12H24F2N2/c1-9-4-11(2,3)7-12(5-9,8-15)16-6-10(13)14/h9-10,16H,4-8,15H2,1-3H3. The summed E-state index contributed by atoms with van der Waals surface area (Å²) in [4.78, 5) is 0. The molecule has 1 saturated carbocycles. The Bertz CT molecular complexity index is 231. The van der Waals surface area contributed by atoms with E-state index in [1.807, 2.05) is 0 Å². The Balaban J connectivity index is 2.69. The lowest BCUT2D eigenvalue weighted by Gasteiger charge is -2.48. The van der Waals surface area contributed by atoms with Crippen molar-refractivity contribution in [3.8, 4) is 0 Å². The number of nitrogens with two attached hydrogens (primary N) is 1. The lowest BCUT2D eigenvalue weighted by atomic mass is 9.64. The van der Waals surface area contributed by atoms with Crippen LogP contribution in [0, 0.1) is 11.3 Å². The number of halogens is 2. The van der Waals surface area contributed by atoms with Crippen molar-refractivity contribution in [2.24, 2.45) is 17.1 Å². The van der Waals surface area contributed by atoms with Gasteiger partial charge in [0.25, 0.3) is 6.43 Å². The van der Waals surface area contributed by atoms with Gasteiger partial charge in [0.2, 0.25) is 0 Å². The van der Waals surface area contributed by atoms with E-state index >= 15 is 0 Å². The van der Waals surface area contributed by atoms with Gasteiger partial charge < -0.3 is 11.1 Å². The average Bonchev–Trinajstić information content (AvgIpc) is 2.11. The number of alkyl halides is 2. The minimum absolute atomic E-state index is 0.187. The molecule has 0 amide bonds. The fraction of sp³-hybridized carbons (Fsp3) is 1.00. The summed E-state index contributed by atoms with van der Waals surface area (Å²) in [5.41, 5.74) is 5.69. The molecule has 0 aromatic carbocycles. The number of nitrogens with one attached hydrogen (secondary N) is 1. The second kappa shape index (κ2) is 4.96. The molecule has 0 saturated heterocycles. The second-order valence-corrected chi connectivity index (χ2v) is 6.11. The maximum absolute atomic E-state index is 12.3. The number of hydrogen-bond donors (Lipinski definition) is 2. The van der Waals surface area contributed by atoms with Crippen molar-refractivity contribution >= 4 is 0 Å². The Morgan fingerprint density at radius 1 is 1.38 bits per heavy atom. The molecule has 3 N–H and O–H groups in total. The van der Waals surface area contributed by atoms with E-state index in [9.17, 15) is 8.78 Å². The van der Waals surface area contributed by atoms with Crippen molar-refractivity contribution in [3.05, 3.63) is 0 Å². The van der Waals surface area contributed by atoms with Crippen LogP contribution in [0.5, 0.6) is 0 Å². The highest BCUT2D eigenvalue weighted by Crippen LogP contribution is 2.43. The summed E-state index contributed by atoms with van der Waals surface area (Å²) in [6, 6.07) is 0. The predicted molar refractivity (Wildman–Crippen MR) is 62.6 cm³/mol. The van der Waals surface area contributed by atoms with Gasteiger partial charge >= 0.3 is 0 Å². The minimum Gasteiger partial charge on any atom is -0.329 e. The smallest absolute Gasteiger partial charge is 0.250 e. The highest BCUT2D eigenvalue weighted by molar-refractivity contribution is 4.99. The Labute approximate surface area is 97.0 Å². The van der Waals surface area contributed by atoms with Crippen LogP contribution in [0.2, 0.25) is 0 Å². The maximum Gasteiger partial charge on any atom is 0.250 e. The summed E-state index contributed by atoms with van der Waals surface area (Å²) in [5.74, 6) is 0.539. The summed E-state index contributed by atoms with van der Waals surface area (Å²) in [6.45, 7) is 6.75. The van der Waals surface area contributed by atoms with Crippen molar-refractivity contribution in [2.45, 2.75) is 52.0 Å². The molecule has 0 aromatic rings. The molecule has 1 fully saturated rings. The van der Waals surface area contributed by atoms with Gasteiger partial charge in [-0.25, -0.2) is 8.78 Å². The first-order chi connectivity index (χ1) is 7.29. The molecule has 2 nitrogen and oxygen atoms in total. The van der Waals surface area contributed by atoms with Crippen LogP contribution in [-0.4, -0.2) is 25.1 Å². The molecule has 16 heavy (non-hydrogen) atoms. The van der Waals surface area contributed by atoms with Crippen LogP contribution in [-0.2, 0) is 0 Å². The molecule has 96 valence electrons. The van der Waals surface area contributed by atoms with E-state index in [0.717, 1.165) is 19.3 Å². The van der Waals surface area contributed by atoms with E-state index < -0.39 is 6.43 Å². The van der Waals surface area contributed by atoms with Gasteiger partial charge in [-0.1, -0.05) is 20.8 Å². The summed E-state index contributed by atoms with van der Waals surface area (Å²) in [6.07, 6.45) is 0.627. The molecule has 0 aromatic heterocycles. The van der Waals surface area contributed by atoms with E-state index in [2.05, 4.69) is 26.1 Å². The molecule has 0 aliphatic heterocycles. The largest absolute Gasteiger partial charge is 0.329 e. The third kappa shape index (κ3) is 3.67. The lowest BCUT2D eigenvalue weighted by Crippen LogP contribution is -2.58. The Hall–Kier alpha value is -0.220. The van der Waals surface area contributed by atoms with Crippen molar-refractivity contribution in [2.75, 3.05) is 13.1 Å². The number of rotatable bonds is 4. The quantitative estimate of drug-likeness (QED) is 0.784. The summed E-state index contributed by atoms with van der Waals surface area (Å²) < 4.78 is 24.6. The first kappa shape index (κ1) is 13.8. The topological polar surface area (TPSA) is 38.0 Å². The predicted octanol–water partition coefficient (Wildman–Crippen LogP) is 2.38. The molecule has 4 heteroatoms. The van der Waals surface area contributed by atoms with Gasteiger partial charge in [-0.3, -0.25) is 0 Å². The van der Waals surface area contributed by atoms with E-state index in [-0.39, 0.29) is 17.5 Å². The molecule has 1 aliphatic rings. The van der Waals surface area contributed by atoms with Crippen LogP contribution >= 0.6 is 0 Å². The zero-order valence-corrected chi connectivity index (χ0v) is 10.5. The van der Waals surface area contributed by atoms with Crippen molar-refractivity contribution < 1.29 is 8.78 Å². The molecule has 0 heterocycles. The van der Waals surface area contributed by atoms with Crippen LogP contribution in [0.4, 0.5) is 8.78 Å². The zero-order valence-electron chi connectivity index (χ0n) is 10.5. The number of hydrogen-bond acceptors (Lipinski definition) is 2. The Morgan fingerprint density at radius 3 is 2.44 bits per heavy atom. The van der Waals surface area contributed by atoms with Crippen LogP contribution in [0.1, 0.15) is 40.0 Å². The molecule has 2 atom stereocenters. The highest BCUT2D eigenvalue weighted by atomic mass is 19.3. The summed E-state index contributed by atoms with van der Waals surface area (Å²) in [7, 11) is 0. The van der Waals surface area contributed by atoms with E-state index in [1.165, 1.54) is 0 Å². The monoisotopic (exact) mass is 234 g/mol. The third-order valence-electron chi connectivity index (χ3n) is 3.48. The molecule has 0 bridgehead atoms. The Morgan fingerprint density at radius 2 is 2.00 bits per heavy atom. The molecule has 1 aliphatic carbocycles. The second-order valence-electron chi connectivity index (χ2n) is 6.11. The van der Waals surface area contributed by atoms with Gasteiger partial charge in [-0.05, 0) is 30.6 Å². The van der Waals surface area contributed by atoms with Crippen molar-refractivity contribution in [1.29, 1.82) is 0 Å². The average molecular weight is 234 g/mol. The fourth-order valence-electron chi connectivity index (χ4n) is 3.40. The lowest BCUT2D eigenvalue weighted by molar-refractivity contribution is 0.0636. The van der Waals surface area contributed by atoms with Crippen LogP contribution in [0.15, 0.2) is 0 Å². The van der Waals surface area contributed by atoms with Gasteiger partial charge in [0, 0.05) is 12.1 Å². The van der Waals surface area contributed by atoms with Gasteiger partial charge in [0.15, 0.2) is 0 Å².